The van der Waals surface area contributed by atoms with Crippen molar-refractivity contribution in [3.63, 3.8) is 0 Å². The zero-order valence-corrected chi connectivity index (χ0v) is 12.8. The van der Waals surface area contributed by atoms with Crippen molar-refractivity contribution in [3.05, 3.63) is 36.0 Å². The van der Waals surface area contributed by atoms with Crippen molar-refractivity contribution in [2.45, 2.75) is 12.6 Å². The van der Waals surface area contributed by atoms with Crippen LogP contribution in [0.2, 0.25) is 0 Å². The fourth-order valence-corrected chi connectivity index (χ4v) is 3.78. The molecule has 1 N–H and O–H groups in total. The van der Waals surface area contributed by atoms with Gasteiger partial charge in [0.1, 0.15) is 0 Å². The highest BCUT2D eigenvalue weighted by atomic mass is 15.3. The Morgan fingerprint density at radius 3 is 2.95 bits per heavy atom. The molecule has 0 amide bonds. The molecule has 0 saturated carbocycles. The predicted molar refractivity (Wildman–Crippen MR) is 86.4 cm³/mol. The van der Waals surface area contributed by atoms with Crippen molar-refractivity contribution in [1.82, 2.24) is 19.7 Å². The van der Waals surface area contributed by atoms with Crippen LogP contribution >= 0.6 is 0 Å². The number of aromatic nitrogens is 1. The second-order valence-electron chi connectivity index (χ2n) is 6.59. The maximum Gasteiger partial charge on any atom is 0.0454 e. The molecule has 3 heterocycles. The number of piperazine rings is 2. The third-order valence-electron chi connectivity index (χ3n) is 5.00. The van der Waals surface area contributed by atoms with Gasteiger partial charge in [-0.15, -0.1) is 0 Å². The normalized spacial score (nSPS) is 25.3. The number of H-pyrrole nitrogens is 1. The van der Waals surface area contributed by atoms with Crippen molar-refractivity contribution < 1.29 is 0 Å². The van der Waals surface area contributed by atoms with Gasteiger partial charge in [-0.25, -0.2) is 0 Å². The maximum atomic E-state index is 3.27. The molecule has 0 unspecified atom stereocenters. The molecular formula is C17H24N4. The van der Waals surface area contributed by atoms with Gasteiger partial charge in [0.05, 0.1) is 0 Å². The Balaban J connectivity index is 1.44. The summed E-state index contributed by atoms with van der Waals surface area (Å²) in [6.45, 7) is 8.39. The maximum absolute atomic E-state index is 3.27. The number of fused-ring (bicyclic) bond motifs is 2. The van der Waals surface area contributed by atoms with Crippen molar-refractivity contribution >= 4 is 10.9 Å². The molecule has 2 fully saturated rings. The van der Waals surface area contributed by atoms with Crippen LogP contribution in [0.25, 0.3) is 10.9 Å². The Hall–Kier alpha value is -1.36. The lowest BCUT2D eigenvalue weighted by Crippen LogP contribution is -2.60. The molecule has 112 valence electrons. The SMILES string of the molecule is CN1CCN2CCN(Cc3ccc4[nH]ccc4c3)C[C@@H]2C1. The standard InChI is InChI=1S/C17H24N4/c1-19-6-8-21-9-7-20(13-16(21)12-19)11-14-2-3-17-15(10-14)4-5-18-17/h2-5,10,16,18H,6-9,11-13H2,1H3/t16-/m0/s1. The molecule has 2 aliphatic rings. The number of aromatic amines is 1. The highest BCUT2D eigenvalue weighted by Crippen LogP contribution is 2.19. The van der Waals surface area contributed by atoms with Crippen LogP contribution in [0.15, 0.2) is 30.5 Å². The van der Waals surface area contributed by atoms with Gasteiger partial charge in [0.25, 0.3) is 0 Å². The molecule has 4 rings (SSSR count). The molecule has 1 aromatic carbocycles. The van der Waals surface area contributed by atoms with Crippen LogP contribution in [-0.2, 0) is 6.54 Å². The summed E-state index contributed by atoms with van der Waals surface area (Å²) in [4.78, 5) is 11.0. The van der Waals surface area contributed by atoms with E-state index >= 15 is 0 Å². The van der Waals surface area contributed by atoms with Gasteiger partial charge in [0.2, 0.25) is 0 Å². The van der Waals surface area contributed by atoms with E-state index in [2.05, 4.69) is 51.0 Å². The van der Waals surface area contributed by atoms with Gasteiger partial charge in [-0.3, -0.25) is 9.80 Å². The van der Waals surface area contributed by atoms with Crippen molar-refractivity contribution in [2.75, 3.05) is 46.3 Å². The number of nitrogens with zero attached hydrogens (tertiary/aromatic N) is 3. The van der Waals surface area contributed by atoms with Crippen LogP contribution < -0.4 is 0 Å². The lowest BCUT2D eigenvalue weighted by Gasteiger charge is -2.46. The Morgan fingerprint density at radius 2 is 2.00 bits per heavy atom. The Kier molecular flexibility index (Phi) is 3.45. The van der Waals surface area contributed by atoms with Gasteiger partial charge >= 0.3 is 0 Å². The molecule has 2 saturated heterocycles. The van der Waals surface area contributed by atoms with Gasteiger partial charge in [0.15, 0.2) is 0 Å². The Labute approximate surface area is 126 Å². The topological polar surface area (TPSA) is 25.5 Å². The second-order valence-corrected chi connectivity index (χ2v) is 6.59. The van der Waals surface area contributed by atoms with Crippen molar-refractivity contribution in [3.8, 4) is 0 Å². The molecular weight excluding hydrogens is 260 g/mol. The van der Waals surface area contributed by atoms with E-state index in [4.69, 9.17) is 0 Å². The van der Waals surface area contributed by atoms with Crippen LogP contribution in [0.5, 0.6) is 0 Å². The summed E-state index contributed by atoms with van der Waals surface area (Å²) >= 11 is 0. The number of hydrogen-bond donors (Lipinski definition) is 1. The lowest BCUT2D eigenvalue weighted by molar-refractivity contribution is 0.0175. The molecule has 4 heteroatoms. The van der Waals surface area contributed by atoms with E-state index < -0.39 is 0 Å². The van der Waals surface area contributed by atoms with Crippen LogP contribution in [0.1, 0.15) is 5.56 Å². The van der Waals surface area contributed by atoms with Gasteiger partial charge in [-0.05, 0) is 36.2 Å². The number of nitrogens with one attached hydrogen (secondary N) is 1. The first-order chi connectivity index (χ1) is 10.3. The average Bonchev–Trinajstić information content (AvgIpc) is 2.94. The van der Waals surface area contributed by atoms with Gasteiger partial charge in [0, 0.05) is 63.6 Å². The molecule has 4 nitrogen and oxygen atoms in total. The van der Waals surface area contributed by atoms with E-state index in [1.807, 2.05) is 6.20 Å². The summed E-state index contributed by atoms with van der Waals surface area (Å²) < 4.78 is 0. The summed E-state index contributed by atoms with van der Waals surface area (Å²) in [5, 5.41) is 1.32. The monoisotopic (exact) mass is 284 g/mol. The summed E-state index contributed by atoms with van der Waals surface area (Å²) in [6.07, 6.45) is 2.02. The van der Waals surface area contributed by atoms with Crippen molar-refractivity contribution in [1.29, 1.82) is 0 Å². The minimum atomic E-state index is 0.716. The summed E-state index contributed by atoms with van der Waals surface area (Å²) in [5.41, 5.74) is 2.66. The largest absolute Gasteiger partial charge is 0.361 e. The molecule has 2 aliphatic heterocycles. The van der Waals surface area contributed by atoms with Crippen LogP contribution in [-0.4, -0.2) is 72.0 Å². The summed E-state index contributed by atoms with van der Waals surface area (Å²) in [6, 6.07) is 9.67. The Bertz CT molecular complexity index is 620. The highest BCUT2D eigenvalue weighted by Gasteiger charge is 2.30. The van der Waals surface area contributed by atoms with Crippen LogP contribution in [0.4, 0.5) is 0 Å². The number of rotatable bonds is 2. The van der Waals surface area contributed by atoms with E-state index in [1.54, 1.807) is 0 Å². The van der Waals surface area contributed by atoms with Crippen molar-refractivity contribution in [2.24, 2.45) is 0 Å². The Morgan fingerprint density at radius 1 is 1.10 bits per heavy atom. The lowest BCUT2D eigenvalue weighted by atomic mass is 10.1. The van der Waals surface area contributed by atoms with E-state index in [-0.39, 0.29) is 0 Å². The molecule has 21 heavy (non-hydrogen) atoms. The first-order valence-electron chi connectivity index (χ1n) is 7.99. The first-order valence-corrected chi connectivity index (χ1v) is 7.99. The fraction of sp³-hybridized carbons (Fsp3) is 0.529. The molecule has 0 bridgehead atoms. The van der Waals surface area contributed by atoms with Crippen LogP contribution in [0, 0.1) is 0 Å². The molecule has 2 aromatic rings. The number of hydrogen-bond acceptors (Lipinski definition) is 3. The second kappa shape index (κ2) is 5.44. The van der Waals surface area contributed by atoms with E-state index in [0.29, 0.717) is 6.04 Å². The summed E-state index contributed by atoms with van der Waals surface area (Å²) in [5.74, 6) is 0. The third-order valence-corrected chi connectivity index (χ3v) is 5.00. The molecule has 1 atom stereocenters. The highest BCUT2D eigenvalue weighted by molar-refractivity contribution is 5.79. The fourth-order valence-electron chi connectivity index (χ4n) is 3.78. The minimum Gasteiger partial charge on any atom is -0.361 e. The van der Waals surface area contributed by atoms with Gasteiger partial charge in [-0.1, -0.05) is 6.07 Å². The molecule has 1 aromatic heterocycles. The molecule has 0 radical (unpaired) electrons. The average molecular weight is 284 g/mol. The zero-order chi connectivity index (χ0) is 14.2. The van der Waals surface area contributed by atoms with Gasteiger partial charge < -0.3 is 9.88 Å². The third kappa shape index (κ3) is 2.71. The van der Waals surface area contributed by atoms with Crippen LogP contribution in [0.3, 0.4) is 0 Å². The summed E-state index contributed by atoms with van der Waals surface area (Å²) in [7, 11) is 2.25. The van der Waals surface area contributed by atoms with E-state index in [0.717, 1.165) is 6.54 Å². The smallest absolute Gasteiger partial charge is 0.0454 e. The zero-order valence-electron chi connectivity index (χ0n) is 12.8. The minimum absolute atomic E-state index is 0.716. The number of benzene rings is 1. The number of likely N-dealkylation sites (N-methyl/N-ethyl adjacent to an activating group) is 1. The molecule has 0 aliphatic carbocycles. The van der Waals surface area contributed by atoms with E-state index in [1.165, 1.54) is 55.7 Å². The van der Waals surface area contributed by atoms with Gasteiger partial charge in [-0.2, -0.15) is 0 Å². The quantitative estimate of drug-likeness (QED) is 0.907. The molecule has 0 spiro atoms. The predicted octanol–water partition coefficient (Wildman–Crippen LogP) is 1.60. The first kappa shape index (κ1) is 13.3. The van der Waals surface area contributed by atoms with E-state index in [9.17, 15) is 0 Å².